The van der Waals surface area contributed by atoms with E-state index in [-0.39, 0.29) is 5.56 Å². The molecule has 0 aliphatic carbocycles. The summed E-state index contributed by atoms with van der Waals surface area (Å²) in [5, 5.41) is 1.34. The Labute approximate surface area is 164 Å². The molecule has 0 amide bonds. The molecule has 7 heteroatoms. The lowest BCUT2D eigenvalue weighted by molar-refractivity contribution is 0.342. The molecule has 0 spiro atoms. The van der Waals surface area contributed by atoms with Gasteiger partial charge in [-0.25, -0.2) is 4.98 Å². The maximum Gasteiger partial charge on any atom is 0.262 e. The van der Waals surface area contributed by atoms with Gasteiger partial charge in [-0.05, 0) is 49.4 Å². The Kier molecular flexibility index (Phi) is 6.21. The molecule has 0 unspecified atom stereocenters. The van der Waals surface area contributed by atoms with Crippen LogP contribution in [0.25, 0.3) is 10.9 Å². The Morgan fingerprint density at radius 2 is 1.88 bits per heavy atom. The SMILES string of the molecule is CCn1c(SCCOc2ccc(OC)cc2)nc2ccc(Br)cc2c1=O. The molecule has 2 aromatic carbocycles. The van der Waals surface area contributed by atoms with Crippen LogP contribution in [-0.4, -0.2) is 29.0 Å². The lowest BCUT2D eigenvalue weighted by Gasteiger charge is -2.12. The van der Waals surface area contributed by atoms with Crippen molar-refractivity contribution >= 4 is 38.6 Å². The van der Waals surface area contributed by atoms with Crippen LogP contribution in [0.3, 0.4) is 0 Å². The molecule has 1 aromatic heterocycles. The summed E-state index contributed by atoms with van der Waals surface area (Å²) in [6, 6.07) is 13.0. The third kappa shape index (κ3) is 4.22. The van der Waals surface area contributed by atoms with Crippen molar-refractivity contribution in [3.05, 3.63) is 57.3 Å². The summed E-state index contributed by atoms with van der Waals surface area (Å²) >= 11 is 4.93. The first-order valence-corrected chi connectivity index (χ1v) is 10.00. The Morgan fingerprint density at radius 3 is 2.58 bits per heavy atom. The number of hydrogen-bond donors (Lipinski definition) is 0. The van der Waals surface area contributed by atoms with E-state index in [9.17, 15) is 4.79 Å². The summed E-state index contributed by atoms with van der Waals surface area (Å²) in [4.78, 5) is 17.3. The fraction of sp³-hybridized carbons (Fsp3) is 0.263. The van der Waals surface area contributed by atoms with E-state index < -0.39 is 0 Å². The van der Waals surface area contributed by atoms with Gasteiger partial charge in [-0.3, -0.25) is 9.36 Å². The number of hydrogen-bond acceptors (Lipinski definition) is 5. The number of rotatable bonds is 7. The van der Waals surface area contributed by atoms with Crippen LogP contribution in [0.2, 0.25) is 0 Å². The maximum atomic E-state index is 12.7. The molecule has 136 valence electrons. The molecule has 0 N–H and O–H groups in total. The highest BCUT2D eigenvalue weighted by Gasteiger charge is 2.11. The van der Waals surface area contributed by atoms with Gasteiger partial charge in [0.05, 0.1) is 24.6 Å². The van der Waals surface area contributed by atoms with Crippen molar-refractivity contribution in [2.24, 2.45) is 0 Å². The second kappa shape index (κ2) is 8.60. The Balaban J connectivity index is 1.70. The second-order valence-electron chi connectivity index (χ2n) is 5.48. The quantitative estimate of drug-likeness (QED) is 0.314. The maximum absolute atomic E-state index is 12.7. The normalized spacial score (nSPS) is 10.9. The molecule has 0 saturated heterocycles. The van der Waals surface area contributed by atoms with Crippen LogP contribution in [0, 0.1) is 0 Å². The monoisotopic (exact) mass is 434 g/mol. The zero-order valence-electron chi connectivity index (χ0n) is 14.6. The van der Waals surface area contributed by atoms with E-state index in [2.05, 4.69) is 20.9 Å². The van der Waals surface area contributed by atoms with E-state index in [4.69, 9.17) is 9.47 Å². The fourth-order valence-electron chi connectivity index (χ4n) is 2.53. The number of fused-ring (bicyclic) bond motifs is 1. The van der Waals surface area contributed by atoms with Crippen molar-refractivity contribution in [3.8, 4) is 11.5 Å². The largest absolute Gasteiger partial charge is 0.497 e. The number of aromatic nitrogens is 2. The van der Waals surface area contributed by atoms with Crippen molar-refractivity contribution in [1.82, 2.24) is 9.55 Å². The number of halogens is 1. The van der Waals surface area contributed by atoms with Crippen molar-refractivity contribution in [2.45, 2.75) is 18.6 Å². The highest BCUT2D eigenvalue weighted by Crippen LogP contribution is 2.21. The van der Waals surface area contributed by atoms with Gasteiger partial charge in [0.15, 0.2) is 5.16 Å². The van der Waals surface area contributed by atoms with Gasteiger partial charge in [-0.15, -0.1) is 0 Å². The minimum Gasteiger partial charge on any atom is -0.497 e. The van der Waals surface area contributed by atoms with E-state index in [0.29, 0.717) is 35.0 Å². The van der Waals surface area contributed by atoms with Crippen LogP contribution in [0.15, 0.2) is 56.9 Å². The van der Waals surface area contributed by atoms with E-state index in [1.165, 1.54) is 11.8 Å². The minimum atomic E-state index is -0.0163. The summed E-state index contributed by atoms with van der Waals surface area (Å²) in [7, 11) is 1.63. The van der Waals surface area contributed by atoms with Crippen molar-refractivity contribution in [3.63, 3.8) is 0 Å². The van der Waals surface area contributed by atoms with Crippen molar-refractivity contribution in [2.75, 3.05) is 19.5 Å². The van der Waals surface area contributed by atoms with Gasteiger partial charge in [0.1, 0.15) is 11.5 Å². The number of nitrogens with zero attached hydrogens (tertiary/aromatic N) is 2. The van der Waals surface area contributed by atoms with Crippen LogP contribution in [0.4, 0.5) is 0 Å². The van der Waals surface area contributed by atoms with Crippen LogP contribution in [0.5, 0.6) is 11.5 Å². The lowest BCUT2D eigenvalue weighted by Crippen LogP contribution is -2.22. The highest BCUT2D eigenvalue weighted by molar-refractivity contribution is 9.10. The standard InChI is InChI=1S/C19H19BrN2O3S/c1-3-22-18(23)16-12-13(20)4-9-17(16)21-19(22)26-11-10-25-15-7-5-14(24-2)6-8-15/h4-9,12H,3,10-11H2,1-2H3. The van der Waals surface area contributed by atoms with Gasteiger partial charge in [-0.2, -0.15) is 0 Å². The Hall–Kier alpha value is -1.99. The van der Waals surface area contributed by atoms with Crippen molar-refractivity contribution < 1.29 is 9.47 Å². The molecule has 0 radical (unpaired) electrons. The first-order chi connectivity index (χ1) is 12.6. The van der Waals surface area contributed by atoms with E-state index in [0.717, 1.165) is 16.0 Å². The summed E-state index contributed by atoms with van der Waals surface area (Å²) in [5.41, 5.74) is 0.693. The third-order valence-corrected chi connectivity index (χ3v) is 5.27. The lowest BCUT2D eigenvalue weighted by atomic mass is 10.2. The average Bonchev–Trinajstić information content (AvgIpc) is 2.66. The molecule has 26 heavy (non-hydrogen) atoms. The summed E-state index contributed by atoms with van der Waals surface area (Å²) in [6.45, 7) is 3.05. The van der Waals surface area contributed by atoms with Crippen LogP contribution < -0.4 is 15.0 Å². The Morgan fingerprint density at radius 1 is 1.15 bits per heavy atom. The molecule has 0 bridgehead atoms. The van der Waals surface area contributed by atoms with E-state index in [1.54, 1.807) is 11.7 Å². The molecule has 0 saturated carbocycles. The first kappa shape index (κ1) is 18.8. The second-order valence-corrected chi connectivity index (χ2v) is 7.46. The van der Waals surface area contributed by atoms with E-state index in [1.807, 2.05) is 49.4 Å². The molecule has 0 aliphatic rings. The predicted octanol–water partition coefficient (Wildman–Crippen LogP) is 4.36. The molecule has 3 rings (SSSR count). The summed E-state index contributed by atoms with van der Waals surface area (Å²) < 4.78 is 13.4. The molecule has 5 nitrogen and oxygen atoms in total. The molecule has 0 fully saturated rings. The molecular formula is C19H19BrN2O3S. The first-order valence-electron chi connectivity index (χ1n) is 8.22. The van der Waals surface area contributed by atoms with Crippen molar-refractivity contribution in [1.29, 1.82) is 0 Å². The van der Waals surface area contributed by atoms with Gasteiger partial charge in [0.25, 0.3) is 5.56 Å². The van der Waals surface area contributed by atoms with Crippen LogP contribution in [-0.2, 0) is 6.54 Å². The van der Waals surface area contributed by atoms with Crippen LogP contribution >= 0.6 is 27.7 Å². The van der Waals surface area contributed by atoms with Gasteiger partial charge >= 0.3 is 0 Å². The third-order valence-electron chi connectivity index (χ3n) is 3.84. The number of thioether (sulfide) groups is 1. The molecule has 1 heterocycles. The zero-order valence-corrected chi connectivity index (χ0v) is 17.0. The van der Waals surface area contributed by atoms with Crippen LogP contribution in [0.1, 0.15) is 6.92 Å². The van der Waals surface area contributed by atoms with Gasteiger partial charge in [0, 0.05) is 16.8 Å². The summed E-state index contributed by atoms with van der Waals surface area (Å²) in [6.07, 6.45) is 0. The van der Waals surface area contributed by atoms with Gasteiger partial charge in [0.2, 0.25) is 0 Å². The fourth-order valence-corrected chi connectivity index (χ4v) is 3.77. The van der Waals surface area contributed by atoms with Gasteiger partial charge < -0.3 is 9.47 Å². The van der Waals surface area contributed by atoms with Gasteiger partial charge in [-0.1, -0.05) is 27.7 Å². The minimum absolute atomic E-state index is 0.0163. The van der Waals surface area contributed by atoms with E-state index >= 15 is 0 Å². The molecule has 3 aromatic rings. The predicted molar refractivity (Wildman–Crippen MR) is 109 cm³/mol. The number of ether oxygens (including phenoxy) is 2. The zero-order chi connectivity index (χ0) is 18.5. The Bertz CT molecular complexity index is 957. The highest BCUT2D eigenvalue weighted by atomic mass is 79.9. The number of benzene rings is 2. The summed E-state index contributed by atoms with van der Waals surface area (Å²) in [5.74, 6) is 2.28. The smallest absolute Gasteiger partial charge is 0.262 e. The molecular weight excluding hydrogens is 416 g/mol. The average molecular weight is 435 g/mol. The topological polar surface area (TPSA) is 53.4 Å². The molecule has 0 aliphatic heterocycles. The number of methoxy groups -OCH3 is 1. The molecule has 0 atom stereocenters.